The molecule has 1 aromatic carbocycles. The number of aromatic nitrogens is 2. The summed E-state index contributed by atoms with van der Waals surface area (Å²) in [5.41, 5.74) is 2.95. The molecule has 0 saturated heterocycles. The van der Waals surface area contributed by atoms with E-state index in [0.29, 0.717) is 25.3 Å². The van der Waals surface area contributed by atoms with Gasteiger partial charge in [0.1, 0.15) is 5.82 Å². The summed E-state index contributed by atoms with van der Waals surface area (Å²) in [6.07, 6.45) is 3.45. The third kappa shape index (κ3) is 5.08. The Kier molecular flexibility index (Phi) is 6.78. The predicted molar refractivity (Wildman–Crippen MR) is 115 cm³/mol. The Morgan fingerprint density at radius 1 is 1.33 bits per heavy atom. The maximum absolute atomic E-state index is 12.8. The quantitative estimate of drug-likeness (QED) is 0.455. The van der Waals surface area contributed by atoms with Gasteiger partial charge in [-0.25, -0.2) is 4.98 Å². The number of thiophene rings is 1. The van der Waals surface area contributed by atoms with Crippen LogP contribution in [0.1, 0.15) is 36.6 Å². The van der Waals surface area contributed by atoms with Crippen LogP contribution in [0, 0.1) is 0 Å². The van der Waals surface area contributed by atoms with Crippen LogP contribution in [0.3, 0.4) is 0 Å². The first kappa shape index (κ1) is 20.6. The van der Waals surface area contributed by atoms with Gasteiger partial charge in [0, 0.05) is 18.9 Å². The van der Waals surface area contributed by atoms with Crippen LogP contribution in [-0.2, 0) is 20.8 Å². The van der Waals surface area contributed by atoms with Gasteiger partial charge in [-0.15, -0.1) is 0 Å². The number of carbonyl (C=O) groups is 1. The van der Waals surface area contributed by atoms with Gasteiger partial charge in [0.05, 0.1) is 24.2 Å². The fraction of sp³-hybridized carbons (Fsp3) is 0.364. The molecule has 7 nitrogen and oxygen atoms in total. The first-order valence-corrected chi connectivity index (χ1v) is 11.0. The van der Waals surface area contributed by atoms with E-state index in [0.717, 1.165) is 23.0 Å². The minimum Gasteiger partial charge on any atom is -0.459 e. The van der Waals surface area contributed by atoms with E-state index in [4.69, 9.17) is 14.6 Å². The minimum atomic E-state index is -0.495. The Balaban J connectivity index is 1.41. The normalized spacial score (nSPS) is 18.8. The molecular formula is C22H25N3O4S. The lowest BCUT2D eigenvalue weighted by atomic mass is 9.95. The number of hydrogen-bond donors (Lipinski definition) is 3. The topological polar surface area (TPSA) is 96.5 Å². The molecule has 0 fully saturated rings. The van der Waals surface area contributed by atoms with Crippen molar-refractivity contribution < 1.29 is 19.4 Å². The van der Waals surface area contributed by atoms with Crippen molar-refractivity contribution in [1.82, 2.24) is 15.3 Å². The second-order valence-corrected chi connectivity index (χ2v) is 7.94. The van der Waals surface area contributed by atoms with Crippen molar-refractivity contribution in [3.05, 3.63) is 64.3 Å². The molecule has 3 N–H and O–H groups in total. The number of H-pyrrole nitrogens is 1. The highest BCUT2D eigenvalue weighted by molar-refractivity contribution is 7.08. The van der Waals surface area contributed by atoms with Crippen LogP contribution in [0.15, 0.2) is 52.9 Å². The number of ether oxygens (including phenoxy) is 2. The largest absolute Gasteiger partial charge is 0.459 e. The standard InChI is InChI=1S/C22H25N3O4S/c26-8-3-4-9-28-21-12-16(15-7-10-30-14-15)11-19(29-21)22(27)23-13-20-24-17-5-1-2-6-18(17)25-20/h1-2,5-7,10-11,14,16,21,26H,3-4,8-9,12-13H2,(H,23,27)(H,24,25)/t16-,21+/m0/s1. The molecule has 2 atom stereocenters. The number of amides is 1. The fourth-order valence-electron chi connectivity index (χ4n) is 3.41. The molecule has 1 amide bonds. The van der Waals surface area contributed by atoms with Crippen LogP contribution >= 0.6 is 11.3 Å². The summed E-state index contributed by atoms with van der Waals surface area (Å²) < 4.78 is 11.7. The summed E-state index contributed by atoms with van der Waals surface area (Å²) >= 11 is 1.63. The average molecular weight is 428 g/mol. The second-order valence-electron chi connectivity index (χ2n) is 7.16. The Bertz CT molecular complexity index is 966. The first-order valence-electron chi connectivity index (χ1n) is 10.1. The molecule has 0 radical (unpaired) electrons. The van der Waals surface area contributed by atoms with E-state index >= 15 is 0 Å². The number of imidazole rings is 1. The first-order chi connectivity index (χ1) is 14.7. The third-order valence-corrected chi connectivity index (χ3v) is 5.66. The van der Waals surface area contributed by atoms with Gasteiger partial charge in [0.25, 0.3) is 5.91 Å². The SMILES string of the molecule is O=C(NCc1nc2ccccc2[nH]1)C1=C[C@H](c2ccsc2)C[C@H](OCCCCO)O1. The summed E-state index contributed by atoms with van der Waals surface area (Å²) in [5.74, 6) is 0.715. The maximum atomic E-state index is 12.8. The predicted octanol–water partition coefficient (Wildman–Crippen LogP) is 3.44. The van der Waals surface area contributed by atoms with Crippen LogP contribution in [0.4, 0.5) is 0 Å². The molecule has 4 rings (SSSR count). The number of aliphatic hydroxyl groups is 1. The molecule has 0 bridgehead atoms. The van der Waals surface area contributed by atoms with Crippen molar-refractivity contribution >= 4 is 28.3 Å². The lowest BCUT2D eigenvalue weighted by Crippen LogP contribution is -2.33. The summed E-state index contributed by atoms with van der Waals surface area (Å²) in [7, 11) is 0. The molecule has 1 aliphatic heterocycles. The molecule has 1 aliphatic rings. The number of allylic oxidation sites excluding steroid dienone is 1. The second kappa shape index (κ2) is 9.88. The van der Waals surface area contributed by atoms with E-state index in [-0.39, 0.29) is 30.7 Å². The highest BCUT2D eigenvalue weighted by atomic mass is 32.1. The molecule has 30 heavy (non-hydrogen) atoms. The average Bonchev–Trinajstić information content (AvgIpc) is 3.44. The van der Waals surface area contributed by atoms with Gasteiger partial charge in [-0.2, -0.15) is 11.3 Å². The molecule has 158 valence electrons. The van der Waals surface area contributed by atoms with Crippen molar-refractivity contribution in [1.29, 1.82) is 0 Å². The number of benzene rings is 1. The van der Waals surface area contributed by atoms with Crippen molar-refractivity contribution in [2.75, 3.05) is 13.2 Å². The molecular weight excluding hydrogens is 402 g/mol. The van der Waals surface area contributed by atoms with Crippen LogP contribution in [0.5, 0.6) is 0 Å². The van der Waals surface area contributed by atoms with Gasteiger partial charge in [0.2, 0.25) is 6.29 Å². The van der Waals surface area contributed by atoms with E-state index in [1.54, 1.807) is 11.3 Å². The van der Waals surface area contributed by atoms with E-state index in [9.17, 15) is 4.79 Å². The third-order valence-electron chi connectivity index (χ3n) is 4.96. The molecule has 0 unspecified atom stereocenters. The molecule has 3 aromatic rings. The Morgan fingerprint density at radius 2 is 2.23 bits per heavy atom. The smallest absolute Gasteiger partial charge is 0.286 e. The zero-order valence-corrected chi connectivity index (χ0v) is 17.4. The zero-order chi connectivity index (χ0) is 20.8. The highest BCUT2D eigenvalue weighted by Crippen LogP contribution is 2.32. The maximum Gasteiger partial charge on any atom is 0.286 e. The van der Waals surface area contributed by atoms with Crippen LogP contribution in [-0.4, -0.2) is 40.5 Å². The highest BCUT2D eigenvalue weighted by Gasteiger charge is 2.29. The van der Waals surface area contributed by atoms with E-state index in [1.165, 1.54) is 0 Å². The molecule has 0 saturated carbocycles. The number of aromatic amines is 1. The van der Waals surface area contributed by atoms with Gasteiger partial charge in [-0.05, 0) is 53.4 Å². The van der Waals surface area contributed by atoms with Crippen LogP contribution in [0.2, 0.25) is 0 Å². The van der Waals surface area contributed by atoms with Gasteiger partial charge in [0.15, 0.2) is 5.76 Å². The lowest BCUT2D eigenvalue weighted by molar-refractivity contribution is -0.146. The number of unbranched alkanes of at least 4 members (excludes halogenated alkanes) is 1. The summed E-state index contributed by atoms with van der Waals surface area (Å²) in [6, 6.07) is 9.80. The molecule has 8 heteroatoms. The van der Waals surface area contributed by atoms with E-state index in [1.807, 2.05) is 35.7 Å². The Labute approximate surface area is 178 Å². The van der Waals surface area contributed by atoms with Crippen molar-refractivity contribution in [2.45, 2.75) is 38.0 Å². The summed E-state index contributed by atoms with van der Waals surface area (Å²) in [5, 5.41) is 15.9. The number of aliphatic hydroxyl groups excluding tert-OH is 1. The van der Waals surface area contributed by atoms with Crippen molar-refractivity contribution in [2.24, 2.45) is 0 Å². The van der Waals surface area contributed by atoms with Gasteiger partial charge < -0.3 is 24.9 Å². The molecule has 2 aromatic heterocycles. The number of para-hydroxylation sites is 2. The van der Waals surface area contributed by atoms with Gasteiger partial charge in [-0.1, -0.05) is 12.1 Å². The summed E-state index contributed by atoms with van der Waals surface area (Å²) in [6.45, 7) is 0.899. The monoisotopic (exact) mass is 427 g/mol. The van der Waals surface area contributed by atoms with Crippen molar-refractivity contribution in [3.8, 4) is 0 Å². The number of hydrogen-bond acceptors (Lipinski definition) is 6. The van der Waals surface area contributed by atoms with E-state index in [2.05, 4.69) is 26.7 Å². The Morgan fingerprint density at radius 3 is 3.03 bits per heavy atom. The Hall–Kier alpha value is -2.68. The summed E-state index contributed by atoms with van der Waals surface area (Å²) in [4.78, 5) is 20.5. The number of fused-ring (bicyclic) bond motifs is 1. The zero-order valence-electron chi connectivity index (χ0n) is 16.5. The lowest BCUT2D eigenvalue weighted by Gasteiger charge is -2.29. The number of rotatable bonds is 9. The van der Waals surface area contributed by atoms with Gasteiger partial charge in [-0.3, -0.25) is 4.79 Å². The van der Waals surface area contributed by atoms with Crippen LogP contribution < -0.4 is 5.32 Å². The molecule has 0 aliphatic carbocycles. The van der Waals surface area contributed by atoms with Gasteiger partial charge >= 0.3 is 0 Å². The van der Waals surface area contributed by atoms with Crippen LogP contribution in [0.25, 0.3) is 11.0 Å². The number of nitrogens with one attached hydrogen (secondary N) is 2. The minimum absolute atomic E-state index is 0.0554. The molecule has 3 heterocycles. The fourth-order valence-corrected chi connectivity index (χ4v) is 4.13. The van der Waals surface area contributed by atoms with Crippen molar-refractivity contribution in [3.63, 3.8) is 0 Å². The number of carbonyl (C=O) groups excluding carboxylic acids is 1. The number of nitrogens with zero attached hydrogens (tertiary/aromatic N) is 1. The molecule has 0 spiro atoms. The van der Waals surface area contributed by atoms with E-state index < -0.39 is 6.29 Å².